The van der Waals surface area contributed by atoms with E-state index in [-0.39, 0.29) is 11.8 Å². The summed E-state index contributed by atoms with van der Waals surface area (Å²) in [5.41, 5.74) is 5.16. The fourth-order valence-electron chi connectivity index (χ4n) is 3.15. The second-order valence-corrected chi connectivity index (χ2v) is 4.49. The van der Waals surface area contributed by atoms with Crippen molar-refractivity contribution in [2.45, 2.75) is 44.1 Å². The summed E-state index contributed by atoms with van der Waals surface area (Å²) < 4.78 is 0. The molecule has 0 heterocycles. The van der Waals surface area contributed by atoms with Gasteiger partial charge < -0.3 is 10.8 Å². The molecule has 2 aliphatic rings. The van der Waals surface area contributed by atoms with E-state index in [1.165, 1.54) is 12.8 Å². The third kappa shape index (κ3) is 1.17. The number of nitrogens with two attached hydrogens (primary N) is 1. The van der Waals surface area contributed by atoms with Crippen molar-refractivity contribution in [3.05, 3.63) is 0 Å². The second kappa shape index (κ2) is 2.98. The summed E-state index contributed by atoms with van der Waals surface area (Å²) in [7, 11) is 0. The Morgan fingerprint density at radius 1 is 1.15 bits per heavy atom. The summed E-state index contributed by atoms with van der Waals surface area (Å²) >= 11 is 0. The third-order valence-electron chi connectivity index (χ3n) is 3.93. The van der Waals surface area contributed by atoms with E-state index in [0.29, 0.717) is 0 Å². The SMILES string of the molecule is NC1(C(=O)O)C2CCCC1CCC2. The second-order valence-electron chi connectivity index (χ2n) is 4.49. The van der Waals surface area contributed by atoms with E-state index in [0.717, 1.165) is 25.7 Å². The minimum Gasteiger partial charge on any atom is -0.480 e. The summed E-state index contributed by atoms with van der Waals surface area (Å²) in [4.78, 5) is 11.2. The minimum absolute atomic E-state index is 0.234. The Balaban J connectivity index is 2.28. The zero-order valence-corrected chi connectivity index (χ0v) is 7.83. The van der Waals surface area contributed by atoms with Crippen LogP contribution >= 0.6 is 0 Å². The molecule has 0 radical (unpaired) electrons. The summed E-state index contributed by atoms with van der Waals surface area (Å²) in [6.45, 7) is 0. The van der Waals surface area contributed by atoms with Crippen LogP contribution in [0, 0.1) is 11.8 Å². The molecule has 3 N–H and O–H groups in total. The van der Waals surface area contributed by atoms with Crippen molar-refractivity contribution in [1.29, 1.82) is 0 Å². The molecule has 0 aromatic carbocycles. The van der Waals surface area contributed by atoms with Crippen LogP contribution in [0.3, 0.4) is 0 Å². The predicted molar refractivity (Wildman–Crippen MR) is 49.2 cm³/mol. The van der Waals surface area contributed by atoms with Gasteiger partial charge >= 0.3 is 5.97 Å². The van der Waals surface area contributed by atoms with Crippen molar-refractivity contribution in [3.63, 3.8) is 0 Å². The van der Waals surface area contributed by atoms with Crippen molar-refractivity contribution in [2.75, 3.05) is 0 Å². The maximum atomic E-state index is 11.2. The van der Waals surface area contributed by atoms with E-state index >= 15 is 0 Å². The Hall–Kier alpha value is -0.570. The van der Waals surface area contributed by atoms with Crippen molar-refractivity contribution in [1.82, 2.24) is 0 Å². The largest absolute Gasteiger partial charge is 0.480 e. The van der Waals surface area contributed by atoms with Gasteiger partial charge in [0, 0.05) is 0 Å². The average Bonchev–Trinajstić information content (AvgIpc) is 2.02. The molecular weight excluding hydrogens is 166 g/mol. The van der Waals surface area contributed by atoms with E-state index in [1.54, 1.807) is 0 Å². The lowest BCUT2D eigenvalue weighted by Crippen LogP contribution is -2.62. The number of hydrogen-bond acceptors (Lipinski definition) is 2. The van der Waals surface area contributed by atoms with Crippen LogP contribution in [0.25, 0.3) is 0 Å². The molecule has 0 aromatic rings. The molecule has 2 rings (SSSR count). The Labute approximate surface area is 78.3 Å². The standard InChI is InChI=1S/C10H17NO2/c11-10(9(12)13)7-3-1-4-8(10)6-2-5-7/h7-8H,1-6,11H2,(H,12,13). The average molecular weight is 183 g/mol. The van der Waals surface area contributed by atoms with Crippen LogP contribution in [0.15, 0.2) is 0 Å². The van der Waals surface area contributed by atoms with Crippen LogP contribution in [0.5, 0.6) is 0 Å². The summed E-state index contributed by atoms with van der Waals surface area (Å²) in [5.74, 6) is -0.308. The number of fused-ring (bicyclic) bond motifs is 2. The zero-order chi connectivity index (χ0) is 9.47. The van der Waals surface area contributed by atoms with Gasteiger partial charge in [-0.3, -0.25) is 4.79 Å². The Morgan fingerprint density at radius 2 is 1.54 bits per heavy atom. The summed E-state index contributed by atoms with van der Waals surface area (Å²) in [6.07, 6.45) is 6.39. The first-order valence-corrected chi connectivity index (χ1v) is 5.18. The highest BCUT2D eigenvalue weighted by molar-refractivity contribution is 5.79. The molecule has 0 aliphatic heterocycles. The van der Waals surface area contributed by atoms with Gasteiger partial charge in [0.05, 0.1) is 0 Å². The number of carbonyl (C=O) groups is 1. The molecule has 0 saturated heterocycles. The first kappa shape index (κ1) is 9.00. The lowest BCUT2D eigenvalue weighted by atomic mass is 9.60. The van der Waals surface area contributed by atoms with Crippen LogP contribution in [-0.2, 0) is 4.79 Å². The van der Waals surface area contributed by atoms with Gasteiger partial charge in [-0.2, -0.15) is 0 Å². The molecule has 0 aromatic heterocycles. The normalized spacial score (nSPS) is 44.4. The molecule has 2 fully saturated rings. The highest BCUT2D eigenvalue weighted by atomic mass is 16.4. The van der Waals surface area contributed by atoms with Gasteiger partial charge in [0.1, 0.15) is 5.54 Å². The first-order valence-electron chi connectivity index (χ1n) is 5.18. The van der Waals surface area contributed by atoms with Gasteiger partial charge in [-0.15, -0.1) is 0 Å². The maximum absolute atomic E-state index is 11.2. The van der Waals surface area contributed by atoms with Gasteiger partial charge in [-0.25, -0.2) is 0 Å². The molecule has 3 heteroatoms. The number of carboxylic acids is 1. The molecule has 0 atom stereocenters. The Morgan fingerprint density at radius 3 is 1.77 bits per heavy atom. The van der Waals surface area contributed by atoms with Crippen molar-refractivity contribution < 1.29 is 9.90 Å². The Bertz CT molecular complexity index is 205. The topological polar surface area (TPSA) is 63.3 Å². The first-order chi connectivity index (χ1) is 6.15. The van der Waals surface area contributed by atoms with Crippen LogP contribution in [0.2, 0.25) is 0 Å². The number of hydrogen-bond donors (Lipinski definition) is 2. The van der Waals surface area contributed by atoms with Gasteiger partial charge in [-0.1, -0.05) is 12.8 Å². The zero-order valence-electron chi connectivity index (χ0n) is 7.83. The summed E-state index contributed by atoms with van der Waals surface area (Å²) in [5, 5.41) is 9.18. The monoisotopic (exact) mass is 183 g/mol. The number of aliphatic carboxylic acids is 1. The smallest absolute Gasteiger partial charge is 0.324 e. The molecule has 13 heavy (non-hydrogen) atoms. The van der Waals surface area contributed by atoms with Gasteiger partial charge in [0.15, 0.2) is 0 Å². The van der Waals surface area contributed by atoms with E-state index in [1.807, 2.05) is 0 Å². The summed E-state index contributed by atoms with van der Waals surface area (Å²) in [6, 6.07) is 0. The molecular formula is C10H17NO2. The van der Waals surface area contributed by atoms with Crippen molar-refractivity contribution in [2.24, 2.45) is 17.6 Å². The third-order valence-corrected chi connectivity index (χ3v) is 3.93. The molecule has 74 valence electrons. The van der Waals surface area contributed by atoms with Gasteiger partial charge in [0.25, 0.3) is 0 Å². The molecule has 0 amide bonds. The molecule has 0 spiro atoms. The van der Waals surface area contributed by atoms with E-state index in [2.05, 4.69) is 0 Å². The van der Waals surface area contributed by atoms with Crippen LogP contribution in [0.1, 0.15) is 38.5 Å². The fraction of sp³-hybridized carbons (Fsp3) is 0.900. The van der Waals surface area contributed by atoms with E-state index in [9.17, 15) is 9.90 Å². The Kier molecular flexibility index (Phi) is 2.06. The number of rotatable bonds is 1. The fourth-order valence-corrected chi connectivity index (χ4v) is 3.15. The lowest BCUT2D eigenvalue weighted by Gasteiger charge is -2.47. The van der Waals surface area contributed by atoms with E-state index in [4.69, 9.17) is 5.73 Å². The highest BCUT2D eigenvalue weighted by Crippen LogP contribution is 2.45. The molecule has 2 aliphatic carbocycles. The molecule has 2 saturated carbocycles. The highest BCUT2D eigenvalue weighted by Gasteiger charge is 2.52. The van der Waals surface area contributed by atoms with Crippen LogP contribution < -0.4 is 5.73 Å². The molecule has 2 bridgehead atoms. The van der Waals surface area contributed by atoms with Crippen LogP contribution in [-0.4, -0.2) is 16.6 Å². The molecule has 3 nitrogen and oxygen atoms in total. The lowest BCUT2D eigenvalue weighted by molar-refractivity contribution is -0.152. The number of carboxylic acid groups (broad SMARTS) is 1. The predicted octanol–water partition coefficient (Wildman–Crippen LogP) is 1.37. The minimum atomic E-state index is -0.892. The van der Waals surface area contributed by atoms with Crippen molar-refractivity contribution in [3.8, 4) is 0 Å². The quantitative estimate of drug-likeness (QED) is 0.645. The van der Waals surface area contributed by atoms with Gasteiger partial charge in [-0.05, 0) is 37.5 Å². The van der Waals surface area contributed by atoms with E-state index < -0.39 is 11.5 Å². The van der Waals surface area contributed by atoms with Crippen molar-refractivity contribution >= 4 is 5.97 Å². The maximum Gasteiger partial charge on any atom is 0.324 e. The van der Waals surface area contributed by atoms with Gasteiger partial charge in [0.2, 0.25) is 0 Å². The molecule has 0 unspecified atom stereocenters. The van der Waals surface area contributed by atoms with Crippen LogP contribution in [0.4, 0.5) is 0 Å².